The van der Waals surface area contributed by atoms with Gasteiger partial charge in [-0.15, -0.1) is 0 Å². The molecular formula is C15H19F3N2O. The van der Waals surface area contributed by atoms with E-state index in [9.17, 15) is 13.2 Å². The van der Waals surface area contributed by atoms with Crippen LogP contribution in [-0.2, 0) is 23.9 Å². The van der Waals surface area contributed by atoms with Crippen molar-refractivity contribution in [2.75, 3.05) is 13.2 Å². The molecule has 1 aromatic carbocycles. The fourth-order valence-corrected chi connectivity index (χ4v) is 2.32. The zero-order valence-corrected chi connectivity index (χ0v) is 12.2. The number of benzene rings is 1. The van der Waals surface area contributed by atoms with Crippen LogP contribution in [0.4, 0.5) is 13.2 Å². The smallest absolute Gasteiger partial charge is 0.380 e. The van der Waals surface area contributed by atoms with Crippen LogP contribution in [0.3, 0.4) is 0 Å². The van der Waals surface area contributed by atoms with Crippen LogP contribution >= 0.6 is 0 Å². The second kappa shape index (κ2) is 6.47. The number of aryl methyl sites for hydroxylation is 1. The summed E-state index contributed by atoms with van der Waals surface area (Å²) in [6, 6.07) is 3.72. The van der Waals surface area contributed by atoms with Gasteiger partial charge >= 0.3 is 6.18 Å². The zero-order valence-electron chi connectivity index (χ0n) is 12.2. The highest BCUT2D eigenvalue weighted by atomic mass is 19.4. The third kappa shape index (κ3) is 3.56. The van der Waals surface area contributed by atoms with Crippen molar-refractivity contribution in [1.29, 1.82) is 0 Å². The maximum absolute atomic E-state index is 12.8. The minimum absolute atomic E-state index is 0.393. The van der Waals surface area contributed by atoms with Crippen molar-refractivity contribution in [1.82, 2.24) is 9.55 Å². The van der Waals surface area contributed by atoms with Gasteiger partial charge in [0.25, 0.3) is 0 Å². The molecule has 0 aliphatic rings. The molecule has 0 aliphatic heterocycles. The molecule has 3 nitrogen and oxygen atoms in total. The van der Waals surface area contributed by atoms with E-state index in [1.807, 2.05) is 18.4 Å². The van der Waals surface area contributed by atoms with Gasteiger partial charge in [-0.3, -0.25) is 0 Å². The molecule has 0 saturated carbocycles. The van der Waals surface area contributed by atoms with Gasteiger partial charge in [0.15, 0.2) is 0 Å². The maximum Gasteiger partial charge on any atom is 0.416 e. The number of halogens is 3. The summed E-state index contributed by atoms with van der Waals surface area (Å²) >= 11 is 0. The molecule has 0 fully saturated rings. The Morgan fingerprint density at radius 2 is 2.00 bits per heavy atom. The van der Waals surface area contributed by atoms with Gasteiger partial charge in [-0.2, -0.15) is 13.2 Å². The summed E-state index contributed by atoms with van der Waals surface area (Å²) in [4.78, 5) is 4.36. The summed E-state index contributed by atoms with van der Waals surface area (Å²) in [6.07, 6.45) is -2.71. The number of ether oxygens (including phenoxy) is 1. The van der Waals surface area contributed by atoms with Crippen molar-refractivity contribution >= 4 is 11.0 Å². The van der Waals surface area contributed by atoms with Crippen LogP contribution in [0.1, 0.15) is 31.7 Å². The van der Waals surface area contributed by atoms with E-state index < -0.39 is 11.7 Å². The van der Waals surface area contributed by atoms with Crippen molar-refractivity contribution in [3.8, 4) is 0 Å². The number of hydrogen-bond donors (Lipinski definition) is 0. The van der Waals surface area contributed by atoms with Crippen molar-refractivity contribution in [2.45, 2.75) is 39.4 Å². The molecule has 2 aromatic rings. The SMILES string of the molecule is CCCc1nc2cc(C(F)(F)F)ccc2n1CCOCC. The molecule has 21 heavy (non-hydrogen) atoms. The molecule has 0 aliphatic carbocycles. The molecular weight excluding hydrogens is 281 g/mol. The molecule has 0 unspecified atom stereocenters. The average Bonchev–Trinajstić information content (AvgIpc) is 2.76. The molecule has 0 N–H and O–H groups in total. The molecule has 2 rings (SSSR count). The first kappa shape index (κ1) is 15.8. The number of imidazole rings is 1. The molecule has 1 heterocycles. The quantitative estimate of drug-likeness (QED) is 0.753. The molecule has 6 heteroatoms. The first-order valence-electron chi connectivity index (χ1n) is 7.11. The van der Waals surface area contributed by atoms with Gasteiger partial charge < -0.3 is 9.30 Å². The molecule has 0 bridgehead atoms. The van der Waals surface area contributed by atoms with E-state index in [4.69, 9.17) is 4.74 Å². The van der Waals surface area contributed by atoms with Gasteiger partial charge in [-0.05, 0) is 31.5 Å². The highest BCUT2D eigenvalue weighted by Gasteiger charge is 2.31. The normalized spacial score (nSPS) is 12.2. The largest absolute Gasteiger partial charge is 0.416 e. The monoisotopic (exact) mass is 300 g/mol. The summed E-state index contributed by atoms with van der Waals surface area (Å²) in [5.74, 6) is 0.812. The molecule has 0 atom stereocenters. The number of aromatic nitrogens is 2. The van der Waals surface area contributed by atoms with Crippen molar-refractivity contribution in [3.05, 3.63) is 29.6 Å². The van der Waals surface area contributed by atoms with E-state index in [0.29, 0.717) is 25.3 Å². The van der Waals surface area contributed by atoms with Gasteiger partial charge in [0, 0.05) is 19.6 Å². The first-order chi connectivity index (χ1) is 9.97. The minimum Gasteiger partial charge on any atom is -0.380 e. The van der Waals surface area contributed by atoms with Crippen molar-refractivity contribution in [2.24, 2.45) is 0 Å². The predicted octanol–water partition coefficient (Wildman–Crippen LogP) is 4.04. The summed E-state index contributed by atoms with van der Waals surface area (Å²) in [5.41, 5.74) is 0.462. The molecule has 1 aromatic heterocycles. The van der Waals surface area contributed by atoms with Crippen LogP contribution in [0.5, 0.6) is 0 Å². The number of rotatable bonds is 6. The van der Waals surface area contributed by atoms with E-state index in [-0.39, 0.29) is 0 Å². The molecule has 116 valence electrons. The van der Waals surface area contributed by atoms with Crippen LogP contribution in [0, 0.1) is 0 Å². The minimum atomic E-state index is -4.34. The fourth-order valence-electron chi connectivity index (χ4n) is 2.32. The third-order valence-electron chi connectivity index (χ3n) is 3.29. The van der Waals surface area contributed by atoms with Crippen LogP contribution in [-0.4, -0.2) is 22.8 Å². The number of nitrogens with zero attached hydrogens (tertiary/aromatic N) is 2. The Balaban J connectivity index is 2.41. The number of fused-ring (bicyclic) bond motifs is 1. The topological polar surface area (TPSA) is 27.1 Å². The van der Waals surface area contributed by atoms with E-state index in [2.05, 4.69) is 4.98 Å². The van der Waals surface area contributed by atoms with E-state index in [1.54, 1.807) is 0 Å². The van der Waals surface area contributed by atoms with E-state index >= 15 is 0 Å². The van der Waals surface area contributed by atoms with Crippen molar-refractivity contribution in [3.63, 3.8) is 0 Å². The third-order valence-corrected chi connectivity index (χ3v) is 3.29. The van der Waals surface area contributed by atoms with Gasteiger partial charge in [0.05, 0.1) is 23.2 Å². The maximum atomic E-state index is 12.8. The number of alkyl halides is 3. The van der Waals surface area contributed by atoms with Gasteiger partial charge in [0.2, 0.25) is 0 Å². The first-order valence-corrected chi connectivity index (χ1v) is 7.11. The van der Waals surface area contributed by atoms with Crippen LogP contribution in [0.25, 0.3) is 11.0 Å². The summed E-state index contributed by atoms with van der Waals surface area (Å²) in [6.45, 7) is 5.68. The lowest BCUT2D eigenvalue weighted by molar-refractivity contribution is -0.137. The molecule has 0 spiro atoms. The van der Waals surface area contributed by atoms with Crippen molar-refractivity contribution < 1.29 is 17.9 Å². The van der Waals surface area contributed by atoms with Crippen LogP contribution < -0.4 is 0 Å². The lowest BCUT2D eigenvalue weighted by Crippen LogP contribution is -2.09. The molecule has 0 saturated heterocycles. The number of hydrogen-bond acceptors (Lipinski definition) is 2. The Kier molecular flexibility index (Phi) is 4.88. The Morgan fingerprint density at radius 1 is 1.24 bits per heavy atom. The highest BCUT2D eigenvalue weighted by Crippen LogP contribution is 2.31. The average molecular weight is 300 g/mol. The Morgan fingerprint density at radius 3 is 2.62 bits per heavy atom. The predicted molar refractivity (Wildman–Crippen MR) is 75.2 cm³/mol. The molecule has 0 radical (unpaired) electrons. The summed E-state index contributed by atoms with van der Waals surface area (Å²) < 4.78 is 45.6. The lowest BCUT2D eigenvalue weighted by Gasteiger charge is -2.09. The van der Waals surface area contributed by atoms with Gasteiger partial charge in [-0.25, -0.2) is 4.98 Å². The Labute approximate surface area is 121 Å². The van der Waals surface area contributed by atoms with E-state index in [0.717, 1.165) is 36.3 Å². The van der Waals surface area contributed by atoms with E-state index in [1.165, 1.54) is 6.07 Å². The Bertz CT molecular complexity index is 605. The fraction of sp³-hybridized carbons (Fsp3) is 0.533. The standard InChI is InChI=1S/C15H19F3N2O/c1-3-5-14-19-12-10-11(15(16,17)18)6-7-13(12)20(14)8-9-21-4-2/h6-7,10H,3-5,8-9H2,1-2H3. The van der Waals surface area contributed by atoms with Gasteiger partial charge in [0.1, 0.15) is 5.82 Å². The zero-order chi connectivity index (χ0) is 15.5. The second-order valence-electron chi connectivity index (χ2n) is 4.83. The summed E-state index contributed by atoms with van der Waals surface area (Å²) in [5, 5.41) is 0. The lowest BCUT2D eigenvalue weighted by atomic mass is 10.2. The van der Waals surface area contributed by atoms with Crippen LogP contribution in [0.2, 0.25) is 0 Å². The Hall–Kier alpha value is -1.56. The molecule has 0 amide bonds. The van der Waals surface area contributed by atoms with Crippen LogP contribution in [0.15, 0.2) is 18.2 Å². The highest BCUT2D eigenvalue weighted by molar-refractivity contribution is 5.77. The second-order valence-corrected chi connectivity index (χ2v) is 4.83. The summed E-state index contributed by atoms with van der Waals surface area (Å²) in [7, 11) is 0. The van der Waals surface area contributed by atoms with Gasteiger partial charge in [-0.1, -0.05) is 6.92 Å².